The van der Waals surface area contributed by atoms with Gasteiger partial charge in [-0.2, -0.15) is 0 Å². The summed E-state index contributed by atoms with van der Waals surface area (Å²) in [5.74, 6) is -0.183. The fraction of sp³-hybridized carbons (Fsp3) is 0.737. The Morgan fingerprint density at radius 2 is 1.93 bits per heavy atom. The minimum Gasteiger partial charge on any atom is -0.396 e. The molecule has 0 radical (unpaired) electrons. The predicted molar refractivity (Wildman–Crippen MR) is 97.0 cm³/mol. The molecular weight excluding hydrogens is 372 g/mol. The maximum atomic E-state index is 11.8. The number of carbonyl (C=O) groups excluding carboxylic acids is 1. The van der Waals surface area contributed by atoms with Gasteiger partial charge in [-0.25, -0.2) is 0 Å². The standard InChI is InChI=1S/C19H30O9/c1-10-6-12(22)7-18(3,9-21)19(10,26)5-4-11(2)27-17-16(25)15(24)14(23)13(8-20)28-17/h4-6,11,13-17,20-21,23-26H,7-9H2,1-3H3/b5-4+/t11-,13+,14+,15-,16+,17+,18+,19+/m0/s1. The molecule has 0 aromatic rings. The molecule has 6 N–H and O–H groups in total. The maximum absolute atomic E-state index is 11.8. The summed E-state index contributed by atoms with van der Waals surface area (Å²) >= 11 is 0. The van der Waals surface area contributed by atoms with Crippen molar-refractivity contribution in [3.05, 3.63) is 23.8 Å². The van der Waals surface area contributed by atoms with Crippen LogP contribution in [0.4, 0.5) is 0 Å². The summed E-state index contributed by atoms with van der Waals surface area (Å²) in [7, 11) is 0. The highest BCUT2D eigenvalue weighted by atomic mass is 16.7. The Morgan fingerprint density at radius 1 is 1.29 bits per heavy atom. The van der Waals surface area contributed by atoms with Gasteiger partial charge in [0.25, 0.3) is 0 Å². The minimum atomic E-state index is -1.58. The second kappa shape index (κ2) is 8.68. The summed E-state index contributed by atoms with van der Waals surface area (Å²) in [5, 5.41) is 59.8. The van der Waals surface area contributed by atoms with Gasteiger partial charge in [-0.3, -0.25) is 4.79 Å². The Hall–Kier alpha value is -1.17. The molecule has 9 nitrogen and oxygen atoms in total. The molecule has 0 saturated carbocycles. The van der Waals surface area contributed by atoms with Crippen LogP contribution in [0.5, 0.6) is 0 Å². The molecule has 1 fully saturated rings. The molecule has 9 heteroatoms. The first-order chi connectivity index (χ1) is 13.0. The van der Waals surface area contributed by atoms with E-state index in [1.54, 1.807) is 20.8 Å². The van der Waals surface area contributed by atoms with Gasteiger partial charge in [-0.05, 0) is 31.6 Å². The zero-order valence-corrected chi connectivity index (χ0v) is 16.2. The van der Waals surface area contributed by atoms with Gasteiger partial charge in [0.15, 0.2) is 12.1 Å². The Labute approximate surface area is 163 Å². The van der Waals surface area contributed by atoms with Crippen molar-refractivity contribution in [1.29, 1.82) is 0 Å². The van der Waals surface area contributed by atoms with Crippen molar-refractivity contribution in [2.24, 2.45) is 5.41 Å². The molecule has 1 saturated heterocycles. The molecule has 1 heterocycles. The van der Waals surface area contributed by atoms with Gasteiger partial charge in [-0.1, -0.05) is 13.0 Å². The number of ketones is 1. The van der Waals surface area contributed by atoms with Crippen LogP contribution in [0.25, 0.3) is 0 Å². The van der Waals surface area contributed by atoms with Crippen LogP contribution in [-0.2, 0) is 14.3 Å². The molecule has 0 aromatic heterocycles. The van der Waals surface area contributed by atoms with Crippen LogP contribution >= 0.6 is 0 Å². The van der Waals surface area contributed by atoms with Gasteiger partial charge in [0.1, 0.15) is 30.0 Å². The van der Waals surface area contributed by atoms with E-state index in [4.69, 9.17) is 9.47 Å². The van der Waals surface area contributed by atoms with Crippen LogP contribution < -0.4 is 0 Å². The van der Waals surface area contributed by atoms with Crippen LogP contribution in [-0.4, -0.2) is 92.0 Å². The molecule has 160 valence electrons. The summed E-state index contributed by atoms with van der Waals surface area (Å²) < 4.78 is 10.8. The van der Waals surface area contributed by atoms with E-state index in [1.807, 2.05) is 0 Å². The topological polar surface area (TPSA) is 157 Å². The van der Waals surface area contributed by atoms with Crippen LogP contribution in [0.3, 0.4) is 0 Å². The van der Waals surface area contributed by atoms with Crippen LogP contribution in [0.1, 0.15) is 27.2 Å². The van der Waals surface area contributed by atoms with Crippen LogP contribution in [0, 0.1) is 5.41 Å². The SMILES string of the molecule is CC1=CC(=O)C[C@](C)(CO)[C@@]1(O)/C=C/[C@H](C)O[C@@H]1O[C@H](CO)[C@@H](O)[C@H](O)[C@H]1O. The maximum Gasteiger partial charge on any atom is 0.187 e. The monoisotopic (exact) mass is 402 g/mol. The molecule has 0 aromatic carbocycles. The first-order valence-corrected chi connectivity index (χ1v) is 9.19. The molecule has 0 unspecified atom stereocenters. The third kappa shape index (κ3) is 4.22. The number of carbonyl (C=O) groups is 1. The van der Waals surface area contributed by atoms with E-state index in [-0.39, 0.29) is 12.2 Å². The molecule has 0 spiro atoms. The number of aliphatic hydroxyl groups is 6. The van der Waals surface area contributed by atoms with E-state index in [0.717, 1.165) is 0 Å². The van der Waals surface area contributed by atoms with Gasteiger partial charge < -0.3 is 40.1 Å². The largest absolute Gasteiger partial charge is 0.396 e. The Bertz CT molecular complexity index is 631. The van der Waals surface area contributed by atoms with E-state index in [2.05, 4.69) is 0 Å². The van der Waals surface area contributed by atoms with Crippen molar-refractivity contribution < 1.29 is 44.9 Å². The van der Waals surface area contributed by atoms with Crippen molar-refractivity contribution in [3.8, 4) is 0 Å². The fourth-order valence-corrected chi connectivity index (χ4v) is 3.62. The Morgan fingerprint density at radius 3 is 2.50 bits per heavy atom. The lowest BCUT2D eigenvalue weighted by molar-refractivity contribution is -0.306. The molecule has 0 bridgehead atoms. The summed E-state index contributed by atoms with van der Waals surface area (Å²) in [6.07, 6.45) is -3.44. The lowest BCUT2D eigenvalue weighted by Gasteiger charge is -2.45. The van der Waals surface area contributed by atoms with E-state index in [0.29, 0.717) is 5.57 Å². The smallest absolute Gasteiger partial charge is 0.187 e. The fourth-order valence-electron chi connectivity index (χ4n) is 3.62. The van der Waals surface area contributed by atoms with Crippen molar-refractivity contribution in [1.82, 2.24) is 0 Å². The quantitative estimate of drug-likeness (QED) is 0.288. The Balaban J connectivity index is 2.15. The summed E-state index contributed by atoms with van der Waals surface area (Å²) in [6, 6.07) is 0. The lowest BCUT2D eigenvalue weighted by Crippen LogP contribution is -2.59. The number of ether oxygens (including phenoxy) is 2. The van der Waals surface area contributed by atoms with Crippen molar-refractivity contribution in [2.75, 3.05) is 13.2 Å². The number of allylic oxidation sites excluding steroid dienone is 1. The van der Waals surface area contributed by atoms with Gasteiger partial charge >= 0.3 is 0 Å². The van der Waals surface area contributed by atoms with Crippen molar-refractivity contribution >= 4 is 5.78 Å². The molecule has 2 aliphatic rings. The Kier molecular flexibility index (Phi) is 7.17. The van der Waals surface area contributed by atoms with E-state index in [9.17, 15) is 35.4 Å². The van der Waals surface area contributed by atoms with E-state index >= 15 is 0 Å². The number of hydrogen-bond donors (Lipinski definition) is 6. The third-order valence-corrected chi connectivity index (χ3v) is 5.62. The molecule has 0 amide bonds. The first kappa shape index (κ1) is 23.1. The highest BCUT2D eigenvalue weighted by Crippen LogP contribution is 2.44. The zero-order valence-electron chi connectivity index (χ0n) is 16.2. The average molecular weight is 402 g/mol. The van der Waals surface area contributed by atoms with Crippen LogP contribution in [0.15, 0.2) is 23.8 Å². The lowest BCUT2D eigenvalue weighted by atomic mass is 9.64. The molecule has 1 aliphatic heterocycles. The highest BCUT2D eigenvalue weighted by Gasteiger charge is 2.50. The van der Waals surface area contributed by atoms with Crippen molar-refractivity contribution in [3.63, 3.8) is 0 Å². The van der Waals surface area contributed by atoms with Gasteiger partial charge in [0.05, 0.1) is 19.3 Å². The zero-order chi connectivity index (χ0) is 21.3. The van der Waals surface area contributed by atoms with Gasteiger partial charge in [-0.15, -0.1) is 0 Å². The molecule has 2 rings (SSSR count). The van der Waals surface area contributed by atoms with Gasteiger partial charge in [0.2, 0.25) is 0 Å². The summed E-state index contributed by atoms with van der Waals surface area (Å²) in [5.41, 5.74) is -2.30. The number of rotatable bonds is 6. The predicted octanol–water partition coefficient (Wildman–Crippen LogP) is -1.60. The third-order valence-electron chi connectivity index (χ3n) is 5.62. The number of hydrogen-bond acceptors (Lipinski definition) is 9. The van der Waals surface area contributed by atoms with Crippen molar-refractivity contribution in [2.45, 2.75) is 69.6 Å². The van der Waals surface area contributed by atoms with Gasteiger partial charge in [0, 0.05) is 11.8 Å². The normalized spacial score (nSPS) is 43.2. The van der Waals surface area contributed by atoms with E-state index < -0.39 is 61.0 Å². The number of aliphatic hydroxyl groups excluding tert-OH is 5. The van der Waals surface area contributed by atoms with Crippen LogP contribution in [0.2, 0.25) is 0 Å². The molecule has 28 heavy (non-hydrogen) atoms. The second-order valence-electron chi connectivity index (χ2n) is 7.85. The van der Waals surface area contributed by atoms with E-state index in [1.165, 1.54) is 18.2 Å². The first-order valence-electron chi connectivity index (χ1n) is 9.19. The molecule has 1 aliphatic carbocycles. The second-order valence-corrected chi connectivity index (χ2v) is 7.85. The summed E-state index contributed by atoms with van der Waals surface area (Å²) in [4.78, 5) is 11.8. The average Bonchev–Trinajstić information content (AvgIpc) is 2.65. The minimum absolute atomic E-state index is 0.0242. The molecular formula is C19H30O9. The summed E-state index contributed by atoms with van der Waals surface area (Å²) in [6.45, 7) is 3.83. The highest BCUT2D eigenvalue weighted by molar-refractivity contribution is 5.92. The molecule has 8 atom stereocenters.